The molecule has 0 saturated carbocycles. The van der Waals surface area contributed by atoms with Crippen LogP contribution in [0.2, 0.25) is 0 Å². The van der Waals surface area contributed by atoms with E-state index in [0.717, 1.165) is 12.8 Å². The molecule has 30 heavy (non-hydrogen) atoms. The van der Waals surface area contributed by atoms with Crippen LogP contribution >= 0.6 is 0 Å². The van der Waals surface area contributed by atoms with Gasteiger partial charge in [-0.2, -0.15) is 0 Å². The van der Waals surface area contributed by atoms with Gasteiger partial charge in [0.25, 0.3) is 0 Å². The molecule has 0 amide bonds. The Morgan fingerprint density at radius 3 is 2.03 bits per heavy atom. The summed E-state index contributed by atoms with van der Waals surface area (Å²) in [6.07, 6.45) is 6.67. The third-order valence-corrected chi connectivity index (χ3v) is 6.25. The van der Waals surface area contributed by atoms with E-state index in [1.54, 1.807) is 0 Å². The van der Waals surface area contributed by atoms with E-state index in [4.69, 9.17) is 0 Å². The van der Waals surface area contributed by atoms with Gasteiger partial charge in [0, 0.05) is 0 Å². The fourth-order valence-electron chi connectivity index (χ4n) is 4.22. The van der Waals surface area contributed by atoms with E-state index in [1.807, 2.05) is 0 Å². The Balaban J connectivity index is 1.95. The zero-order chi connectivity index (χ0) is 21.1. The molecule has 3 aromatic rings. The van der Waals surface area contributed by atoms with Gasteiger partial charge in [0.05, 0.1) is 0 Å². The topological polar surface area (TPSA) is 0 Å². The molecule has 0 spiro atoms. The molecule has 1 aliphatic rings. The van der Waals surface area contributed by atoms with Gasteiger partial charge in [-0.05, 0) is 90.6 Å². The molecule has 0 fully saturated rings. The van der Waals surface area contributed by atoms with Crippen molar-refractivity contribution in [3.8, 4) is 0 Å². The third-order valence-electron chi connectivity index (χ3n) is 6.25. The van der Waals surface area contributed by atoms with Crippen molar-refractivity contribution in [2.75, 3.05) is 0 Å². The molecule has 0 bridgehead atoms. The van der Waals surface area contributed by atoms with Crippen molar-refractivity contribution in [2.45, 2.75) is 40.5 Å². The molecular formula is C30H30. The van der Waals surface area contributed by atoms with Crippen LogP contribution in [-0.4, -0.2) is 0 Å². The van der Waals surface area contributed by atoms with Crippen molar-refractivity contribution in [3.63, 3.8) is 0 Å². The summed E-state index contributed by atoms with van der Waals surface area (Å²) in [5.74, 6) is 0. The number of hydrogen-bond donors (Lipinski definition) is 0. The molecule has 0 nitrogen and oxygen atoms in total. The predicted octanol–water partition coefficient (Wildman–Crippen LogP) is 7.99. The van der Waals surface area contributed by atoms with Crippen LogP contribution in [0.25, 0.3) is 5.57 Å². The zero-order valence-corrected chi connectivity index (χ0v) is 18.5. The first kappa shape index (κ1) is 20.2. The Morgan fingerprint density at radius 1 is 0.733 bits per heavy atom. The van der Waals surface area contributed by atoms with E-state index >= 15 is 0 Å². The standard InChI is InChI=1S/C30H30/c1-21-15-16-27(17-22(21)2)30(26-13-9-6-10-14-26)29-19-24(4)23(3)18-28(29)20-25-11-7-5-8-12-25/h5-15,17-19H,16,20H2,1-4H3/b30-27+. The van der Waals surface area contributed by atoms with Crippen molar-refractivity contribution >= 4 is 5.57 Å². The van der Waals surface area contributed by atoms with Crippen LogP contribution in [-0.2, 0) is 6.42 Å². The van der Waals surface area contributed by atoms with Crippen LogP contribution in [0, 0.1) is 13.8 Å². The lowest BCUT2D eigenvalue weighted by molar-refractivity contribution is 1.13. The van der Waals surface area contributed by atoms with Crippen molar-refractivity contribution in [3.05, 3.63) is 135 Å². The first-order valence-corrected chi connectivity index (χ1v) is 10.8. The molecule has 0 heteroatoms. The number of aryl methyl sites for hydroxylation is 2. The van der Waals surface area contributed by atoms with Crippen LogP contribution in [0.4, 0.5) is 0 Å². The maximum Gasteiger partial charge on any atom is -0.00195 e. The third kappa shape index (κ3) is 4.24. The first-order valence-electron chi connectivity index (χ1n) is 10.8. The molecule has 0 heterocycles. The van der Waals surface area contributed by atoms with Crippen molar-refractivity contribution in [1.29, 1.82) is 0 Å². The monoisotopic (exact) mass is 390 g/mol. The summed E-state index contributed by atoms with van der Waals surface area (Å²) in [7, 11) is 0. The Labute approximate surface area is 181 Å². The highest BCUT2D eigenvalue weighted by Gasteiger charge is 2.17. The molecule has 150 valence electrons. The van der Waals surface area contributed by atoms with E-state index in [2.05, 4.69) is 113 Å². The number of rotatable bonds is 4. The van der Waals surface area contributed by atoms with Gasteiger partial charge < -0.3 is 0 Å². The molecule has 0 radical (unpaired) electrons. The lowest BCUT2D eigenvalue weighted by atomic mass is 9.83. The summed E-state index contributed by atoms with van der Waals surface area (Å²) in [6.45, 7) is 8.88. The summed E-state index contributed by atoms with van der Waals surface area (Å²) >= 11 is 0. The molecule has 4 rings (SSSR count). The average Bonchev–Trinajstić information content (AvgIpc) is 2.76. The molecule has 3 aromatic carbocycles. The van der Waals surface area contributed by atoms with Crippen LogP contribution in [0.3, 0.4) is 0 Å². The molecular weight excluding hydrogens is 360 g/mol. The summed E-state index contributed by atoms with van der Waals surface area (Å²) in [6, 6.07) is 26.5. The van der Waals surface area contributed by atoms with E-state index in [0.29, 0.717) is 0 Å². The maximum atomic E-state index is 2.40. The summed E-state index contributed by atoms with van der Waals surface area (Å²) < 4.78 is 0. The molecule has 0 aliphatic heterocycles. The minimum Gasteiger partial charge on any atom is -0.0769 e. The summed E-state index contributed by atoms with van der Waals surface area (Å²) in [5, 5.41) is 0. The summed E-state index contributed by atoms with van der Waals surface area (Å²) in [5.41, 5.74) is 13.6. The van der Waals surface area contributed by atoms with Crippen LogP contribution < -0.4 is 0 Å². The normalized spacial score (nSPS) is 15.5. The van der Waals surface area contributed by atoms with Gasteiger partial charge in [-0.1, -0.05) is 90.5 Å². The highest BCUT2D eigenvalue weighted by molar-refractivity contribution is 5.86. The minimum atomic E-state index is 0.943. The molecule has 0 saturated heterocycles. The van der Waals surface area contributed by atoms with E-state index < -0.39 is 0 Å². The second-order valence-corrected chi connectivity index (χ2v) is 8.44. The van der Waals surface area contributed by atoms with E-state index in [1.165, 1.54) is 55.7 Å². The first-order chi connectivity index (χ1) is 14.5. The fraction of sp³-hybridized carbons (Fsp3) is 0.200. The van der Waals surface area contributed by atoms with Gasteiger partial charge in [-0.15, -0.1) is 0 Å². The smallest absolute Gasteiger partial charge is 0.00195 e. The lowest BCUT2D eigenvalue weighted by Gasteiger charge is -2.21. The van der Waals surface area contributed by atoms with E-state index in [-0.39, 0.29) is 0 Å². The van der Waals surface area contributed by atoms with E-state index in [9.17, 15) is 0 Å². The Hall–Kier alpha value is -3.12. The maximum absolute atomic E-state index is 2.40. The molecule has 0 atom stereocenters. The summed E-state index contributed by atoms with van der Waals surface area (Å²) in [4.78, 5) is 0. The predicted molar refractivity (Wildman–Crippen MR) is 130 cm³/mol. The van der Waals surface area contributed by atoms with Crippen molar-refractivity contribution in [1.82, 2.24) is 0 Å². The fourth-order valence-corrected chi connectivity index (χ4v) is 4.22. The van der Waals surface area contributed by atoms with Gasteiger partial charge in [-0.25, -0.2) is 0 Å². The quantitative estimate of drug-likeness (QED) is 0.423. The minimum absolute atomic E-state index is 0.943. The average molecular weight is 391 g/mol. The number of benzene rings is 3. The SMILES string of the molecule is CC1=CC/C(=C(/c2ccccc2)c2cc(C)c(C)cc2Cc2ccccc2)C=C1C. The van der Waals surface area contributed by atoms with Crippen LogP contribution in [0.5, 0.6) is 0 Å². The second-order valence-electron chi connectivity index (χ2n) is 8.44. The largest absolute Gasteiger partial charge is 0.0769 e. The molecule has 1 aliphatic carbocycles. The highest BCUT2D eigenvalue weighted by Crippen LogP contribution is 2.36. The van der Waals surface area contributed by atoms with Crippen molar-refractivity contribution < 1.29 is 0 Å². The second kappa shape index (κ2) is 8.71. The van der Waals surface area contributed by atoms with Gasteiger partial charge in [0.15, 0.2) is 0 Å². The van der Waals surface area contributed by atoms with Gasteiger partial charge >= 0.3 is 0 Å². The number of hydrogen-bond acceptors (Lipinski definition) is 0. The lowest BCUT2D eigenvalue weighted by Crippen LogP contribution is -2.03. The Kier molecular flexibility index (Phi) is 5.86. The zero-order valence-electron chi connectivity index (χ0n) is 18.5. The van der Waals surface area contributed by atoms with Crippen molar-refractivity contribution in [2.24, 2.45) is 0 Å². The number of allylic oxidation sites excluding steroid dienone is 5. The van der Waals surface area contributed by atoms with Crippen LogP contribution in [0.1, 0.15) is 53.6 Å². The van der Waals surface area contributed by atoms with Crippen LogP contribution in [0.15, 0.2) is 102 Å². The van der Waals surface area contributed by atoms with Gasteiger partial charge in [-0.3, -0.25) is 0 Å². The molecule has 0 aromatic heterocycles. The highest BCUT2D eigenvalue weighted by atomic mass is 14.2. The van der Waals surface area contributed by atoms with Gasteiger partial charge in [0.2, 0.25) is 0 Å². The molecule has 0 N–H and O–H groups in total. The Morgan fingerprint density at radius 2 is 1.37 bits per heavy atom. The van der Waals surface area contributed by atoms with Gasteiger partial charge in [0.1, 0.15) is 0 Å². The molecule has 0 unspecified atom stereocenters. The Bertz CT molecular complexity index is 1140.